The van der Waals surface area contributed by atoms with Crippen LogP contribution in [0.15, 0.2) is 48.5 Å². The number of nitrogens with zero attached hydrogens (tertiary/aromatic N) is 2. The van der Waals surface area contributed by atoms with E-state index in [0.717, 1.165) is 0 Å². The summed E-state index contributed by atoms with van der Waals surface area (Å²) in [5.41, 5.74) is 1.42. The summed E-state index contributed by atoms with van der Waals surface area (Å²) in [5, 5.41) is 3.88. The lowest BCUT2D eigenvalue weighted by Crippen LogP contribution is -2.44. The first kappa shape index (κ1) is 18.5. The summed E-state index contributed by atoms with van der Waals surface area (Å²) in [6, 6.07) is 13.7. The minimum Gasteiger partial charge on any atom is -0.324 e. The van der Waals surface area contributed by atoms with E-state index in [0.29, 0.717) is 40.9 Å². The van der Waals surface area contributed by atoms with Crippen molar-refractivity contribution in [3.8, 4) is 0 Å². The molecule has 5 nitrogen and oxygen atoms in total. The maximum atomic E-state index is 12.7. The Balaban J connectivity index is 1.65. The molecule has 0 saturated carbocycles. The molecule has 1 saturated heterocycles. The van der Waals surface area contributed by atoms with E-state index < -0.39 is 6.04 Å². The number of anilines is 1. The van der Waals surface area contributed by atoms with Gasteiger partial charge in [0.05, 0.1) is 6.54 Å². The van der Waals surface area contributed by atoms with Crippen LogP contribution in [0.25, 0.3) is 0 Å². The highest BCUT2D eigenvalue weighted by Crippen LogP contribution is 2.27. The molecular weight excluding hydrogens is 373 g/mol. The van der Waals surface area contributed by atoms with Crippen molar-refractivity contribution in [2.75, 3.05) is 18.4 Å². The van der Waals surface area contributed by atoms with E-state index in [-0.39, 0.29) is 11.9 Å². The Morgan fingerprint density at radius 3 is 2.38 bits per heavy atom. The molecule has 136 valence electrons. The summed E-state index contributed by atoms with van der Waals surface area (Å²) >= 11 is 12.4. The minimum atomic E-state index is -0.575. The van der Waals surface area contributed by atoms with Gasteiger partial charge in [0.25, 0.3) is 0 Å². The monoisotopic (exact) mass is 391 g/mol. The Labute approximate surface area is 162 Å². The first-order valence-electron chi connectivity index (χ1n) is 8.31. The van der Waals surface area contributed by atoms with Crippen LogP contribution < -0.4 is 5.32 Å². The molecule has 1 fully saturated rings. The van der Waals surface area contributed by atoms with Crippen LogP contribution in [0, 0.1) is 0 Å². The zero-order valence-electron chi connectivity index (χ0n) is 14.3. The van der Waals surface area contributed by atoms with Crippen LogP contribution in [-0.2, 0) is 11.3 Å². The largest absolute Gasteiger partial charge is 0.324 e. The van der Waals surface area contributed by atoms with E-state index in [1.54, 1.807) is 34.9 Å². The molecule has 1 heterocycles. The van der Waals surface area contributed by atoms with Gasteiger partial charge in [-0.05, 0) is 31.2 Å². The van der Waals surface area contributed by atoms with Gasteiger partial charge in [-0.15, -0.1) is 0 Å². The van der Waals surface area contributed by atoms with E-state index in [2.05, 4.69) is 5.32 Å². The van der Waals surface area contributed by atoms with Crippen molar-refractivity contribution in [2.45, 2.75) is 19.5 Å². The third-order valence-electron chi connectivity index (χ3n) is 4.43. The van der Waals surface area contributed by atoms with Crippen LogP contribution in [0.3, 0.4) is 0 Å². The standard InChI is InChI=1S/C19H19Cl2N3O2/c1-13(18(25)22-14-6-3-2-4-7-14)24-11-10-23(19(24)26)12-15-16(20)8-5-9-17(15)21/h2-9,13H,10-12H2,1H3,(H,22,25). The van der Waals surface area contributed by atoms with E-state index >= 15 is 0 Å². The highest BCUT2D eigenvalue weighted by Gasteiger charge is 2.35. The van der Waals surface area contributed by atoms with Gasteiger partial charge in [-0.1, -0.05) is 47.5 Å². The maximum Gasteiger partial charge on any atom is 0.321 e. The van der Waals surface area contributed by atoms with Crippen LogP contribution in [0.2, 0.25) is 10.0 Å². The predicted octanol–water partition coefficient (Wildman–Crippen LogP) is 4.26. The molecule has 0 bridgehead atoms. The third-order valence-corrected chi connectivity index (χ3v) is 5.13. The number of rotatable bonds is 5. The number of hydrogen-bond acceptors (Lipinski definition) is 2. The fraction of sp³-hybridized carbons (Fsp3) is 0.263. The van der Waals surface area contributed by atoms with Gasteiger partial charge in [-0.25, -0.2) is 4.79 Å². The van der Waals surface area contributed by atoms with Crippen LogP contribution in [0.1, 0.15) is 12.5 Å². The maximum absolute atomic E-state index is 12.7. The lowest BCUT2D eigenvalue weighted by atomic mass is 10.2. The minimum absolute atomic E-state index is 0.198. The number of halogens is 2. The first-order valence-corrected chi connectivity index (χ1v) is 9.07. The van der Waals surface area contributed by atoms with Gasteiger partial charge in [0, 0.05) is 34.4 Å². The summed E-state index contributed by atoms with van der Waals surface area (Å²) < 4.78 is 0. The molecule has 3 amide bonds. The second-order valence-electron chi connectivity index (χ2n) is 6.13. The molecule has 7 heteroatoms. The van der Waals surface area contributed by atoms with Gasteiger partial charge in [0.1, 0.15) is 6.04 Å². The fourth-order valence-electron chi connectivity index (χ4n) is 2.89. The SMILES string of the molecule is CC(C(=O)Nc1ccccc1)N1CCN(Cc2c(Cl)cccc2Cl)C1=O. The Hall–Kier alpha value is -2.24. The van der Waals surface area contributed by atoms with Gasteiger partial charge in [-0.2, -0.15) is 0 Å². The van der Waals surface area contributed by atoms with Crippen LogP contribution in [0.4, 0.5) is 10.5 Å². The number of carbonyl (C=O) groups excluding carboxylic acids is 2. The molecule has 0 radical (unpaired) electrons. The zero-order chi connectivity index (χ0) is 18.7. The smallest absolute Gasteiger partial charge is 0.321 e. The molecule has 26 heavy (non-hydrogen) atoms. The first-order chi connectivity index (χ1) is 12.5. The fourth-order valence-corrected chi connectivity index (χ4v) is 3.41. The van der Waals surface area contributed by atoms with Crippen molar-refractivity contribution in [3.05, 3.63) is 64.1 Å². The summed E-state index contributed by atoms with van der Waals surface area (Å²) in [6.07, 6.45) is 0. The number of urea groups is 1. The number of hydrogen-bond donors (Lipinski definition) is 1. The summed E-state index contributed by atoms with van der Waals surface area (Å²) in [7, 11) is 0. The van der Waals surface area contributed by atoms with Crippen molar-refractivity contribution < 1.29 is 9.59 Å². The number of para-hydroxylation sites is 1. The van der Waals surface area contributed by atoms with E-state index in [4.69, 9.17) is 23.2 Å². The van der Waals surface area contributed by atoms with Crippen molar-refractivity contribution in [1.29, 1.82) is 0 Å². The van der Waals surface area contributed by atoms with Gasteiger partial charge in [0.15, 0.2) is 0 Å². The Morgan fingerprint density at radius 2 is 1.73 bits per heavy atom. The molecule has 1 unspecified atom stereocenters. The predicted molar refractivity (Wildman–Crippen MR) is 104 cm³/mol. The Kier molecular flexibility index (Phi) is 5.69. The number of nitrogens with one attached hydrogen (secondary N) is 1. The molecule has 3 rings (SSSR count). The van der Waals surface area contributed by atoms with E-state index in [1.165, 1.54) is 0 Å². The molecule has 2 aromatic carbocycles. The number of benzene rings is 2. The Morgan fingerprint density at radius 1 is 1.08 bits per heavy atom. The Bertz CT molecular complexity index is 793. The summed E-state index contributed by atoms with van der Waals surface area (Å²) in [6.45, 7) is 3.04. The lowest BCUT2D eigenvalue weighted by Gasteiger charge is -2.24. The van der Waals surface area contributed by atoms with Gasteiger partial charge in [0.2, 0.25) is 5.91 Å². The van der Waals surface area contributed by atoms with Crippen LogP contribution in [-0.4, -0.2) is 40.9 Å². The quantitative estimate of drug-likeness (QED) is 0.827. The summed E-state index contributed by atoms with van der Waals surface area (Å²) in [4.78, 5) is 28.4. The van der Waals surface area contributed by atoms with Crippen molar-refractivity contribution >= 4 is 40.8 Å². The van der Waals surface area contributed by atoms with Crippen molar-refractivity contribution in [3.63, 3.8) is 0 Å². The topological polar surface area (TPSA) is 52.7 Å². The van der Waals surface area contributed by atoms with E-state index in [1.807, 2.05) is 30.3 Å². The summed E-state index contributed by atoms with van der Waals surface area (Å²) in [5.74, 6) is -0.220. The number of carbonyl (C=O) groups is 2. The molecule has 1 aliphatic rings. The lowest BCUT2D eigenvalue weighted by molar-refractivity contribution is -0.119. The average molecular weight is 392 g/mol. The molecule has 0 aromatic heterocycles. The molecule has 2 aromatic rings. The third kappa shape index (κ3) is 3.94. The van der Waals surface area contributed by atoms with Gasteiger partial charge in [-0.3, -0.25) is 4.79 Å². The highest BCUT2D eigenvalue weighted by molar-refractivity contribution is 6.36. The second-order valence-corrected chi connectivity index (χ2v) is 6.94. The molecule has 1 atom stereocenters. The second kappa shape index (κ2) is 7.98. The molecule has 0 spiro atoms. The van der Waals surface area contributed by atoms with E-state index in [9.17, 15) is 9.59 Å². The average Bonchev–Trinajstić information content (AvgIpc) is 2.99. The highest BCUT2D eigenvalue weighted by atomic mass is 35.5. The normalized spacial score (nSPS) is 15.3. The molecule has 1 aliphatic heterocycles. The number of amides is 3. The van der Waals surface area contributed by atoms with Gasteiger partial charge >= 0.3 is 6.03 Å². The van der Waals surface area contributed by atoms with Crippen LogP contribution in [0.5, 0.6) is 0 Å². The molecule has 0 aliphatic carbocycles. The van der Waals surface area contributed by atoms with Crippen LogP contribution >= 0.6 is 23.2 Å². The molecule has 1 N–H and O–H groups in total. The van der Waals surface area contributed by atoms with Gasteiger partial charge < -0.3 is 15.1 Å². The van der Waals surface area contributed by atoms with Crippen molar-refractivity contribution in [1.82, 2.24) is 9.80 Å². The zero-order valence-corrected chi connectivity index (χ0v) is 15.8. The molecular formula is C19H19Cl2N3O2. The van der Waals surface area contributed by atoms with Crippen molar-refractivity contribution in [2.24, 2.45) is 0 Å².